The van der Waals surface area contributed by atoms with Gasteiger partial charge in [0.2, 0.25) is 0 Å². The molecule has 0 saturated heterocycles. The first-order chi connectivity index (χ1) is 10.5. The number of nitrogens with zero attached hydrogens (tertiary/aromatic N) is 2. The number of nitrogens with one attached hydrogen (secondary N) is 1. The predicted molar refractivity (Wildman–Crippen MR) is 82.1 cm³/mol. The summed E-state index contributed by atoms with van der Waals surface area (Å²) < 4.78 is 1.74. The molecule has 6 nitrogen and oxygen atoms in total. The van der Waals surface area contributed by atoms with Crippen molar-refractivity contribution in [2.45, 2.75) is 20.3 Å². The van der Waals surface area contributed by atoms with E-state index in [4.69, 9.17) is 5.11 Å². The molecule has 1 heterocycles. The molecule has 0 aliphatic carbocycles. The molecule has 2 N–H and O–H groups in total. The van der Waals surface area contributed by atoms with Gasteiger partial charge in [-0.3, -0.25) is 9.59 Å². The smallest absolute Gasteiger partial charge is 0.303 e. The number of benzene rings is 1. The highest BCUT2D eigenvalue weighted by molar-refractivity contribution is 5.94. The second kappa shape index (κ2) is 6.89. The number of rotatable bonds is 6. The molecule has 0 aliphatic heterocycles. The van der Waals surface area contributed by atoms with Gasteiger partial charge < -0.3 is 10.4 Å². The van der Waals surface area contributed by atoms with Gasteiger partial charge in [0.25, 0.3) is 5.91 Å². The minimum Gasteiger partial charge on any atom is -0.481 e. The average Bonchev–Trinajstić information content (AvgIpc) is 2.91. The molecule has 0 spiro atoms. The number of carboxylic acid groups (broad SMARTS) is 1. The van der Waals surface area contributed by atoms with E-state index in [1.807, 2.05) is 25.3 Å². The van der Waals surface area contributed by atoms with Crippen molar-refractivity contribution in [2.75, 3.05) is 6.54 Å². The molecule has 0 saturated carbocycles. The van der Waals surface area contributed by atoms with E-state index in [-0.39, 0.29) is 18.2 Å². The highest BCUT2D eigenvalue weighted by atomic mass is 16.4. The fraction of sp³-hybridized carbons (Fsp3) is 0.312. The lowest BCUT2D eigenvalue weighted by Gasteiger charge is -2.10. The number of carboxylic acids is 1. The highest BCUT2D eigenvalue weighted by Gasteiger charge is 2.11. The third-order valence-electron chi connectivity index (χ3n) is 3.24. The molecule has 2 rings (SSSR count). The second-order valence-corrected chi connectivity index (χ2v) is 5.42. The lowest BCUT2D eigenvalue weighted by molar-refractivity contribution is -0.137. The Labute approximate surface area is 128 Å². The van der Waals surface area contributed by atoms with Crippen molar-refractivity contribution in [3.63, 3.8) is 0 Å². The van der Waals surface area contributed by atoms with Crippen molar-refractivity contribution in [1.29, 1.82) is 0 Å². The fourth-order valence-electron chi connectivity index (χ4n) is 2.06. The van der Waals surface area contributed by atoms with Crippen molar-refractivity contribution in [1.82, 2.24) is 15.1 Å². The van der Waals surface area contributed by atoms with E-state index in [1.54, 1.807) is 29.9 Å². The molecule has 1 amide bonds. The summed E-state index contributed by atoms with van der Waals surface area (Å²) in [5, 5.41) is 15.6. The van der Waals surface area contributed by atoms with E-state index in [0.29, 0.717) is 12.1 Å². The molecule has 22 heavy (non-hydrogen) atoms. The van der Waals surface area contributed by atoms with Crippen LogP contribution >= 0.6 is 0 Å². The molecular formula is C16H19N3O3. The monoisotopic (exact) mass is 301 g/mol. The number of hydrogen-bond acceptors (Lipinski definition) is 3. The molecule has 2 aromatic rings. The normalized spacial score (nSPS) is 11.9. The summed E-state index contributed by atoms with van der Waals surface area (Å²) in [5.74, 6) is -1.17. The van der Waals surface area contributed by atoms with Crippen LogP contribution in [0.1, 0.15) is 29.3 Å². The van der Waals surface area contributed by atoms with Crippen LogP contribution in [-0.2, 0) is 4.79 Å². The molecule has 0 aliphatic rings. The number of aryl methyl sites for hydroxylation is 1. The number of carbonyl (C=O) groups is 2. The van der Waals surface area contributed by atoms with Crippen molar-refractivity contribution < 1.29 is 14.7 Å². The lowest BCUT2D eigenvalue weighted by atomic mass is 10.1. The van der Waals surface area contributed by atoms with Crippen molar-refractivity contribution >= 4 is 11.9 Å². The topological polar surface area (TPSA) is 84.2 Å². The molecule has 1 atom stereocenters. The standard InChI is InChI=1S/C16H19N3O3/c1-11(7-15(20)21)8-17-16(22)13-3-5-14(6-4-13)19-10-12(2)9-18-19/h3-6,9-11H,7-8H2,1-2H3,(H,17,22)(H,20,21). The van der Waals surface area contributed by atoms with Gasteiger partial charge in [-0.25, -0.2) is 4.68 Å². The van der Waals surface area contributed by atoms with E-state index in [9.17, 15) is 9.59 Å². The van der Waals surface area contributed by atoms with Crippen LogP contribution in [0.15, 0.2) is 36.7 Å². The summed E-state index contributed by atoms with van der Waals surface area (Å²) in [6.07, 6.45) is 3.71. The number of aliphatic carboxylic acids is 1. The van der Waals surface area contributed by atoms with E-state index in [1.165, 1.54) is 0 Å². The van der Waals surface area contributed by atoms with Crippen molar-refractivity contribution in [3.8, 4) is 5.69 Å². The summed E-state index contributed by atoms with van der Waals surface area (Å²) >= 11 is 0. The second-order valence-electron chi connectivity index (χ2n) is 5.42. The van der Waals surface area contributed by atoms with Crippen LogP contribution in [0.4, 0.5) is 0 Å². The Balaban J connectivity index is 1.95. The maximum atomic E-state index is 12.0. The van der Waals surface area contributed by atoms with Gasteiger partial charge in [0.05, 0.1) is 11.9 Å². The molecule has 1 aromatic heterocycles. The summed E-state index contributed by atoms with van der Waals surface area (Å²) in [7, 11) is 0. The minimum absolute atomic E-state index is 0.0396. The van der Waals surface area contributed by atoms with E-state index >= 15 is 0 Å². The zero-order chi connectivity index (χ0) is 16.1. The Hall–Kier alpha value is -2.63. The molecule has 1 aromatic carbocycles. The summed E-state index contributed by atoms with van der Waals surface area (Å²) in [6.45, 7) is 4.09. The number of carbonyl (C=O) groups excluding carboxylic acids is 1. The van der Waals surface area contributed by atoms with Crippen LogP contribution in [0.3, 0.4) is 0 Å². The Morgan fingerprint density at radius 3 is 2.55 bits per heavy atom. The number of aromatic nitrogens is 2. The Morgan fingerprint density at radius 1 is 1.32 bits per heavy atom. The zero-order valence-corrected chi connectivity index (χ0v) is 12.6. The van der Waals surface area contributed by atoms with Gasteiger partial charge in [-0.15, -0.1) is 0 Å². The van der Waals surface area contributed by atoms with Gasteiger partial charge in [0.15, 0.2) is 0 Å². The Morgan fingerprint density at radius 2 is 2.00 bits per heavy atom. The van der Waals surface area contributed by atoms with Crippen LogP contribution in [0.5, 0.6) is 0 Å². The highest BCUT2D eigenvalue weighted by Crippen LogP contribution is 2.10. The molecule has 0 fully saturated rings. The van der Waals surface area contributed by atoms with Gasteiger partial charge in [0, 0.05) is 24.7 Å². The first-order valence-electron chi connectivity index (χ1n) is 7.07. The first kappa shape index (κ1) is 15.8. The van der Waals surface area contributed by atoms with Crippen molar-refractivity contribution in [2.24, 2.45) is 5.92 Å². The number of amides is 1. The predicted octanol–water partition coefficient (Wildman–Crippen LogP) is 2.02. The van der Waals surface area contributed by atoms with E-state index in [0.717, 1.165) is 11.3 Å². The zero-order valence-electron chi connectivity index (χ0n) is 12.6. The van der Waals surface area contributed by atoms with Gasteiger partial charge in [-0.1, -0.05) is 6.92 Å². The molecule has 6 heteroatoms. The average molecular weight is 301 g/mol. The van der Waals surface area contributed by atoms with Crippen LogP contribution in [-0.4, -0.2) is 33.3 Å². The minimum atomic E-state index is -0.861. The van der Waals surface area contributed by atoms with E-state index in [2.05, 4.69) is 10.4 Å². The summed E-state index contributed by atoms with van der Waals surface area (Å²) in [4.78, 5) is 22.6. The molecule has 0 bridgehead atoms. The molecule has 1 unspecified atom stereocenters. The van der Waals surface area contributed by atoms with Gasteiger partial charge >= 0.3 is 5.97 Å². The molecule has 0 radical (unpaired) electrons. The molecule has 116 valence electrons. The maximum Gasteiger partial charge on any atom is 0.303 e. The van der Waals surface area contributed by atoms with Crippen LogP contribution in [0, 0.1) is 12.8 Å². The SMILES string of the molecule is Cc1cnn(-c2ccc(C(=O)NCC(C)CC(=O)O)cc2)c1. The van der Waals surface area contributed by atoms with E-state index < -0.39 is 5.97 Å². The maximum absolute atomic E-state index is 12.0. The van der Waals surface area contributed by atoms with Crippen LogP contribution in [0.25, 0.3) is 5.69 Å². The third kappa shape index (κ3) is 4.18. The largest absolute Gasteiger partial charge is 0.481 e. The quantitative estimate of drug-likeness (QED) is 0.855. The number of hydrogen-bond donors (Lipinski definition) is 2. The lowest BCUT2D eigenvalue weighted by Crippen LogP contribution is -2.29. The third-order valence-corrected chi connectivity index (χ3v) is 3.24. The Bertz CT molecular complexity index is 662. The van der Waals surface area contributed by atoms with Gasteiger partial charge in [-0.2, -0.15) is 5.10 Å². The molecular weight excluding hydrogens is 282 g/mol. The summed E-state index contributed by atoms with van der Waals surface area (Å²) in [6, 6.07) is 7.09. The Kier molecular flexibility index (Phi) is 4.93. The summed E-state index contributed by atoms with van der Waals surface area (Å²) in [5.41, 5.74) is 2.48. The van der Waals surface area contributed by atoms with Gasteiger partial charge in [-0.05, 0) is 42.7 Å². The van der Waals surface area contributed by atoms with Gasteiger partial charge in [0.1, 0.15) is 0 Å². The van der Waals surface area contributed by atoms with Crippen LogP contribution in [0.2, 0.25) is 0 Å². The van der Waals surface area contributed by atoms with Crippen LogP contribution < -0.4 is 5.32 Å². The fourth-order valence-corrected chi connectivity index (χ4v) is 2.06. The van der Waals surface area contributed by atoms with Crippen molar-refractivity contribution in [3.05, 3.63) is 47.8 Å². The first-order valence-corrected chi connectivity index (χ1v) is 7.07.